The lowest BCUT2D eigenvalue weighted by atomic mass is 10.2. The van der Waals surface area contributed by atoms with Crippen LogP contribution in [-0.4, -0.2) is 27.9 Å². The lowest BCUT2D eigenvalue weighted by Crippen LogP contribution is -2.28. The number of carbonyl (C=O) groups is 1. The molecule has 1 unspecified atom stereocenters. The Bertz CT molecular complexity index is 963. The van der Waals surface area contributed by atoms with Crippen LogP contribution in [0.3, 0.4) is 0 Å². The van der Waals surface area contributed by atoms with E-state index in [-0.39, 0.29) is 12.4 Å². The minimum absolute atomic E-state index is 0.108. The van der Waals surface area contributed by atoms with E-state index in [4.69, 9.17) is 21.1 Å². The largest absolute Gasteiger partial charge is 0.463 e. The minimum Gasteiger partial charge on any atom is -0.463 e. The predicted octanol–water partition coefficient (Wildman–Crippen LogP) is 4.38. The van der Waals surface area contributed by atoms with Crippen molar-refractivity contribution in [3.63, 3.8) is 0 Å². The molecule has 1 atom stereocenters. The standard InChI is InChI=1S/C19H19ClF4N2O4/c1-3-4-5-8-29-18(28)16(20)30-12-6-7-14(21)15(9-12)26-17(27)11(2)13(10-25-26)19(22,23)24/h6-7,9-10,16H,3-5,8H2,1-2H3. The number of hydrogen-bond acceptors (Lipinski definition) is 5. The third-order valence-electron chi connectivity index (χ3n) is 4.09. The number of aromatic nitrogens is 2. The summed E-state index contributed by atoms with van der Waals surface area (Å²) in [4.78, 5) is 24.1. The average molecular weight is 451 g/mol. The summed E-state index contributed by atoms with van der Waals surface area (Å²) in [7, 11) is 0. The molecule has 30 heavy (non-hydrogen) atoms. The Morgan fingerprint density at radius 3 is 2.63 bits per heavy atom. The molecule has 0 spiro atoms. The summed E-state index contributed by atoms with van der Waals surface area (Å²) in [6, 6.07) is 3.04. The number of rotatable bonds is 8. The first-order chi connectivity index (χ1) is 14.1. The van der Waals surface area contributed by atoms with Crippen LogP contribution in [0.5, 0.6) is 5.75 Å². The molecule has 0 amide bonds. The van der Waals surface area contributed by atoms with Crippen LogP contribution in [0.25, 0.3) is 5.69 Å². The Kier molecular flexibility index (Phi) is 7.83. The van der Waals surface area contributed by atoms with Gasteiger partial charge in [0.15, 0.2) is 0 Å². The molecular formula is C19H19ClF4N2O4. The van der Waals surface area contributed by atoms with Crippen LogP contribution in [0, 0.1) is 12.7 Å². The van der Waals surface area contributed by atoms with Crippen LogP contribution in [0.1, 0.15) is 37.3 Å². The maximum atomic E-state index is 14.2. The Labute approximate surface area is 174 Å². The summed E-state index contributed by atoms with van der Waals surface area (Å²) in [6.07, 6.45) is -1.87. The van der Waals surface area contributed by atoms with Crippen molar-refractivity contribution >= 4 is 17.6 Å². The molecule has 1 aromatic heterocycles. The summed E-state index contributed by atoms with van der Waals surface area (Å²) < 4.78 is 63.6. The molecule has 0 aliphatic carbocycles. The number of unbranched alkanes of at least 4 members (excludes halogenated alkanes) is 2. The Hall–Kier alpha value is -2.62. The number of alkyl halides is 4. The molecule has 0 N–H and O–H groups in total. The second kappa shape index (κ2) is 9.92. The molecular weight excluding hydrogens is 432 g/mol. The van der Waals surface area contributed by atoms with Gasteiger partial charge in [0.25, 0.3) is 11.1 Å². The molecule has 0 saturated heterocycles. The van der Waals surface area contributed by atoms with Crippen LogP contribution in [0.15, 0.2) is 29.2 Å². The van der Waals surface area contributed by atoms with Crippen molar-refractivity contribution in [2.45, 2.75) is 44.8 Å². The molecule has 6 nitrogen and oxygen atoms in total. The van der Waals surface area contributed by atoms with E-state index < -0.39 is 45.9 Å². The summed E-state index contributed by atoms with van der Waals surface area (Å²) in [6.45, 7) is 3.11. The highest BCUT2D eigenvalue weighted by Gasteiger charge is 2.34. The fraction of sp³-hybridized carbons (Fsp3) is 0.421. The number of hydrogen-bond donors (Lipinski definition) is 0. The van der Waals surface area contributed by atoms with Gasteiger partial charge in [0, 0.05) is 11.6 Å². The van der Waals surface area contributed by atoms with Crippen LogP contribution in [0.4, 0.5) is 17.6 Å². The molecule has 164 valence electrons. The highest BCUT2D eigenvalue weighted by molar-refractivity contribution is 6.28. The van der Waals surface area contributed by atoms with Crippen molar-refractivity contribution in [3.8, 4) is 11.4 Å². The van der Waals surface area contributed by atoms with Crippen LogP contribution in [0.2, 0.25) is 0 Å². The van der Waals surface area contributed by atoms with Gasteiger partial charge in [-0.3, -0.25) is 4.79 Å². The van der Waals surface area contributed by atoms with Gasteiger partial charge in [0.05, 0.1) is 18.4 Å². The van der Waals surface area contributed by atoms with E-state index in [0.29, 0.717) is 17.3 Å². The van der Waals surface area contributed by atoms with Gasteiger partial charge in [-0.25, -0.2) is 9.18 Å². The van der Waals surface area contributed by atoms with Crippen molar-refractivity contribution in [1.82, 2.24) is 9.78 Å². The molecule has 0 radical (unpaired) electrons. The second-order valence-electron chi connectivity index (χ2n) is 6.32. The zero-order valence-electron chi connectivity index (χ0n) is 16.1. The maximum absolute atomic E-state index is 14.2. The van der Waals surface area contributed by atoms with Crippen molar-refractivity contribution in [1.29, 1.82) is 0 Å². The molecule has 2 rings (SSSR count). The van der Waals surface area contributed by atoms with Crippen molar-refractivity contribution in [3.05, 3.63) is 51.7 Å². The molecule has 0 aliphatic rings. The van der Waals surface area contributed by atoms with Crippen molar-refractivity contribution in [2.24, 2.45) is 0 Å². The third-order valence-corrected chi connectivity index (χ3v) is 4.36. The van der Waals surface area contributed by atoms with E-state index in [1.807, 2.05) is 6.92 Å². The first-order valence-electron chi connectivity index (χ1n) is 8.99. The number of carbonyl (C=O) groups excluding carboxylic acids is 1. The van der Waals surface area contributed by atoms with E-state index in [1.165, 1.54) is 0 Å². The van der Waals surface area contributed by atoms with E-state index in [1.54, 1.807) is 0 Å². The topological polar surface area (TPSA) is 70.4 Å². The summed E-state index contributed by atoms with van der Waals surface area (Å²) >= 11 is 5.84. The average Bonchev–Trinajstić information content (AvgIpc) is 2.67. The molecule has 0 bridgehead atoms. The van der Waals surface area contributed by atoms with Crippen molar-refractivity contribution < 1.29 is 31.8 Å². The first-order valence-corrected chi connectivity index (χ1v) is 9.43. The summed E-state index contributed by atoms with van der Waals surface area (Å²) in [5.41, 5.74) is -5.02. The molecule has 1 heterocycles. The van der Waals surface area contributed by atoms with Gasteiger partial charge in [0.1, 0.15) is 17.3 Å². The molecule has 0 fully saturated rings. The highest BCUT2D eigenvalue weighted by Crippen LogP contribution is 2.30. The smallest absolute Gasteiger partial charge is 0.418 e. The number of benzene rings is 1. The van der Waals surface area contributed by atoms with Crippen molar-refractivity contribution in [2.75, 3.05) is 6.61 Å². The first kappa shape index (κ1) is 23.7. The van der Waals surface area contributed by atoms with E-state index in [2.05, 4.69) is 5.10 Å². The van der Waals surface area contributed by atoms with E-state index in [0.717, 1.165) is 38.0 Å². The predicted molar refractivity (Wildman–Crippen MR) is 100 cm³/mol. The fourth-order valence-corrected chi connectivity index (χ4v) is 2.65. The zero-order valence-corrected chi connectivity index (χ0v) is 16.9. The molecule has 0 aliphatic heterocycles. The lowest BCUT2D eigenvalue weighted by Gasteiger charge is -2.15. The molecule has 11 heteroatoms. The van der Waals surface area contributed by atoms with Gasteiger partial charge in [-0.05, 0) is 25.5 Å². The van der Waals surface area contributed by atoms with E-state index in [9.17, 15) is 27.2 Å². The third kappa shape index (κ3) is 5.71. The molecule has 0 saturated carbocycles. The highest BCUT2D eigenvalue weighted by atomic mass is 35.5. The van der Waals surface area contributed by atoms with E-state index >= 15 is 0 Å². The monoisotopic (exact) mass is 450 g/mol. The summed E-state index contributed by atoms with van der Waals surface area (Å²) in [5.74, 6) is -1.90. The Balaban J connectivity index is 2.25. The van der Waals surface area contributed by atoms with Crippen LogP contribution in [-0.2, 0) is 15.7 Å². The Morgan fingerprint density at radius 1 is 1.30 bits per heavy atom. The lowest BCUT2D eigenvalue weighted by molar-refractivity contribution is -0.148. The number of esters is 1. The second-order valence-corrected chi connectivity index (χ2v) is 6.72. The Morgan fingerprint density at radius 2 is 2.00 bits per heavy atom. The van der Waals surface area contributed by atoms with Gasteiger partial charge in [-0.15, -0.1) is 0 Å². The van der Waals surface area contributed by atoms with Gasteiger partial charge in [0.2, 0.25) is 0 Å². The van der Waals surface area contributed by atoms with Gasteiger partial charge in [-0.1, -0.05) is 31.4 Å². The SMILES string of the molecule is CCCCCOC(=O)C(Cl)Oc1ccc(F)c(-n2ncc(C(F)(F)F)c(C)c2=O)c1. The van der Waals surface area contributed by atoms with Gasteiger partial charge in [-0.2, -0.15) is 23.0 Å². The number of ether oxygens (including phenoxy) is 2. The zero-order chi connectivity index (χ0) is 22.5. The fourth-order valence-electron chi connectivity index (χ4n) is 2.48. The van der Waals surface area contributed by atoms with Crippen LogP contribution >= 0.6 is 11.6 Å². The molecule has 2 aromatic rings. The maximum Gasteiger partial charge on any atom is 0.418 e. The van der Waals surface area contributed by atoms with Gasteiger partial charge < -0.3 is 9.47 Å². The summed E-state index contributed by atoms with van der Waals surface area (Å²) in [5, 5.41) is 3.41. The van der Waals surface area contributed by atoms with Gasteiger partial charge >= 0.3 is 12.1 Å². The number of nitrogens with zero attached hydrogens (tertiary/aromatic N) is 2. The quantitative estimate of drug-likeness (QED) is 0.258. The van der Waals surface area contributed by atoms with Crippen LogP contribution < -0.4 is 10.3 Å². The minimum atomic E-state index is -4.78. The normalized spacial score (nSPS) is 12.5. The number of halogens is 5. The molecule has 1 aromatic carbocycles.